The highest BCUT2D eigenvalue weighted by molar-refractivity contribution is 7.09. The van der Waals surface area contributed by atoms with Gasteiger partial charge in [-0.25, -0.2) is 4.98 Å². The van der Waals surface area contributed by atoms with Crippen molar-refractivity contribution in [3.8, 4) is 0 Å². The molecule has 1 fully saturated rings. The minimum Gasteiger partial charge on any atom is -0.338 e. The summed E-state index contributed by atoms with van der Waals surface area (Å²) < 4.78 is 0. The predicted molar refractivity (Wildman–Crippen MR) is 102 cm³/mol. The van der Waals surface area contributed by atoms with E-state index in [4.69, 9.17) is 0 Å². The lowest BCUT2D eigenvalue weighted by atomic mass is 9.98. The van der Waals surface area contributed by atoms with Crippen LogP contribution in [0, 0.1) is 0 Å². The van der Waals surface area contributed by atoms with Gasteiger partial charge in [0.25, 0.3) is 0 Å². The first-order valence-electron chi connectivity index (χ1n) is 7.87. The number of carbonyl (C=O) groups is 1. The van der Waals surface area contributed by atoms with Crippen LogP contribution in [-0.4, -0.2) is 41.5 Å². The van der Waals surface area contributed by atoms with Crippen LogP contribution >= 0.6 is 36.2 Å². The molecule has 2 heterocycles. The number of amides is 1. The molecule has 1 aromatic rings. The summed E-state index contributed by atoms with van der Waals surface area (Å²) in [6.45, 7) is 11.4. The molecule has 1 unspecified atom stereocenters. The summed E-state index contributed by atoms with van der Waals surface area (Å²) in [5.41, 5.74) is 0.978. The maximum Gasteiger partial charge on any atom is 0.228 e. The average molecular weight is 382 g/mol. The molecule has 0 spiro atoms. The van der Waals surface area contributed by atoms with E-state index in [2.05, 4.69) is 42.9 Å². The fourth-order valence-electron chi connectivity index (χ4n) is 2.65. The summed E-state index contributed by atoms with van der Waals surface area (Å²) in [6, 6.07) is 0.359. The van der Waals surface area contributed by atoms with Gasteiger partial charge in [0.15, 0.2) is 0 Å². The summed E-state index contributed by atoms with van der Waals surface area (Å²) in [7, 11) is 0. The second kappa shape index (κ2) is 9.82. The Balaban J connectivity index is 0.00000242. The number of nitrogens with one attached hydrogen (secondary N) is 1. The molecule has 1 N–H and O–H groups in total. The molecular formula is C16H29Cl2N3OS. The molecule has 1 amide bonds. The lowest BCUT2D eigenvalue weighted by Gasteiger charge is -2.28. The molecule has 1 saturated heterocycles. The number of hydrogen-bond acceptors (Lipinski definition) is 4. The van der Waals surface area contributed by atoms with E-state index in [1.807, 2.05) is 5.38 Å². The minimum atomic E-state index is 0. The lowest BCUT2D eigenvalue weighted by Crippen LogP contribution is -2.42. The van der Waals surface area contributed by atoms with E-state index >= 15 is 0 Å². The first-order chi connectivity index (χ1) is 9.91. The van der Waals surface area contributed by atoms with Gasteiger partial charge in [0.1, 0.15) is 0 Å². The minimum absolute atomic E-state index is 0. The van der Waals surface area contributed by atoms with E-state index in [-0.39, 0.29) is 36.1 Å². The van der Waals surface area contributed by atoms with Crippen LogP contribution in [0.4, 0.5) is 0 Å². The molecule has 7 heteroatoms. The van der Waals surface area contributed by atoms with Crippen molar-refractivity contribution in [2.24, 2.45) is 0 Å². The zero-order valence-electron chi connectivity index (χ0n) is 14.4. The van der Waals surface area contributed by atoms with Crippen molar-refractivity contribution in [1.82, 2.24) is 15.2 Å². The maximum absolute atomic E-state index is 12.6. The Hall–Kier alpha value is -0.360. The van der Waals surface area contributed by atoms with Crippen molar-refractivity contribution in [2.45, 2.75) is 58.4 Å². The van der Waals surface area contributed by atoms with Crippen LogP contribution in [-0.2, 0) is 16.6 Å². The first kappa shape index (κ1) is 22.6. The van der Waals surface area contributed by atoms with Gasteiger partial charge < -0.3 is 10.2 Å². The van der Waals surface area contributed by atoms with E-state index in [9.17, 15) is 4.79 Å². The quantitative estimate of drug-likeness (QED) is 0.849. The normalized spacial score (nSPS) is 17.3. The Morgan fingerprint density at radius 1 is 1.43 bits per heavy atom. The zero-order chi connectivity index (χ0) is 15.5. The van der Waals surface area contributed by atoms with E-state index in [1.54, 1.807) is 11.3 Å². The van der Waals surface area contributed by atoms with Crippen molar-refractivity contribution < 1.29 is 4.79 Å². The van der Waals surface area contributed by atoms with Crippen LogP contribution in [0.5, 0.6) is 0 Å². The van der Waals surface area contributed by atoms with E-state index in [1.165, 1.54) is 0 Å². The summed E-state index contributed by atoms with van der Waals surface area (Å²) in [5.74, 6) is 0.219. The molecule has 1 aliphatic heterocycles. The van der Waals surface area contributed by atoms with Crippen LogP contribution < -0.4 is 5.32 Å². The van der Waals surface area contributed by atoms with Gasteiger partial charge in [0.2, 0.25) is 5.91 Å². The Kier molecular flexibility index (Phi) is 9.67. The molecule has 1 aromatic heterocycles. The Morgan fingerprint density at radius 2 is 2.13 bits per heavy atom. The third-order valence-corrected chi connectivity index (χ3v) is 5.10. The molecule has 0 saturated carbocycles. The summed E-state index contributed by atoms with van der Waals surface area (Å²) in [4.78, 5) is 19.3. The zero-order valence-corrected chi connectivity index (χ0v) is 16.9. The van der Waals surface area contributed by atoms with Crippen LogP contribution in [0.2, 0.25) is 0 Å². The van der Waals surface area contributed by atoms with E-state index < -0.39 is 0 Å². The molecule has 1 aliphatic rings. The van der Waals surface area contributed by atoms with Crippen molar-refractivity contribution in [3.05, 3.63) is 16.1 Å². The molecule has 0 radical (unpaired) electrons. The van der Waals surface area contributed by atoms with Gasteiger partial charge in [0.05, 0.1) is 17.1 Å². The van der Waals surface area contributed by atoms with Crippen molar-refractivity contribution >= 4 is 42.1 Å². The highest BCUT2D eigenvalue weighted by Gasteiger charge is 2.26. The molecular weight excluding hydrogens is 353 g/mol. The standard InChI is InChI=1S/C16H27N3OS.2ClH/c1-5-8-19(13-6-7-17-10-13)14(20)9-12-11-21-15(18-12)16(2,3)4;;/h11,13,17H,5-10H2,1-4H3;2*1H. The largest absolute Gasteiger partial charge is 0.338 e. The first-order valence-corrected chi connectivity index (χ1v) is 8.75. The highest BCUT2D eigenvalue weighted by Crippen LogP contribution is 2.26. The van der Waals surface area contributed by atoms with Crippen LogP contribution in [0.25, 0.3) is 0 Å². The van der Waals surface area contributed by atoms with Gasteiger partial charge in [-0.1, -0.05) is 27.7 Å². The van der Waals surface area contributed by atoms with E-state index in [0.717, 1.165) is 43.2 Å². The molecule has 0 bridgehead atoms. The SMILES string of the molecule is CCCN(C(=O)Cc1csc(C(C)(C)C)n1)C1CCNC1.Cl.Cl. The second-order valence-corrected chi connectivity index (χ2v) is 7.66. The van der Waals surface area contributed by atoms with Gasteiger partial charge in [-0.3, -0.25) is 4.79 Å². The maximum atomic E-state index is 12.6. The Morgan fingerprint density at radius 3 is 2.61 bits per heavy atom. The number of nitrogens with zero attached hydrogens (tertiary/aromatic N) is 2. The lowest BCUT2D eigenvalue weighted by molar-refractivity contribution is -0.132. The van der Waals surface area contributed by atoms with Gasteiger partial charge in [-0.05, 0) is 19.4 Å². The number of rotatable bonds is 5. The Labute approximate surface area is 156 Å². The number of carbonyl (C=O) groups excluding carboxylic acids is 1. The third kappa shape index (κ3) is 6.22. The fraction of sp³-hybridized carbons (Fsp3) is 0.750. The van der Waals surface area contributed by atoms with Gasteiger partial charge in [-0.2, -0.15) is 0 Å². The van der Waals surface area contributed by atoms with Crippen molar-refractivity contribution in [1.29, 1.82) is 0 Å². The molecule has 23 heavy (non-hydrogen) atoms. The van der Waals surface area contributed by atoms with Crippen LogP contribution in [0.1, 0.15) is 51.2 Å². The Bertz CT molecular complexity index is 482. The number of thiazole rings is 1. The monoisotopic (exact) mass is 381 g/mol. The van der Waals surface area contributed by atoms with Gasteiger partial charge >= 0.3 is 0 Å². The van der Waals surface area contributed by atoms with Gasteiger partial charge in [-0.15, -0.1) is 36.2 Å². The number of aromatic nitrogens is 1. The summed E-state index contributed by atoms with van der Waals surface area (Å²) in [6.07, 6.45) is 2.51. The molecule has 4 nitrogen and oxygen atoms in total. The molecule has 134 valence electrons. The second-order valence-electron chi connectivity index (χ2n) is 6.80. The van der Waals surface area contributed by atoms with Crippen LogP contribution in [0.3, 0.4) is 0 Å². The van der Waals surface area contributed by atoms with Gasteiger partial charge in [0, 0.05) is 29.9 Å². The smallest absolute Gasteiger partial charge is 0.228 e. The number of halogens is 2. The molecule has 1 atom stereocenters. The summed E-state index contributed by atoms with van der Waals surface area (Å²) >= 11 is 1.66. The summed E-state index contributed by atoms with van der Waals surface area (Å²) in [5, 5.41) is 6.49. The number of hydrogen-bond donors (Lipinski definition) is 1. The third-order valence-electron chi connectivity index (χ3n) is 3.79. The topological polar surface area (TPSA) is 45.2 Å². The fourth-order valence-corrected chi connectivity index (χ4v) is 3.55. The molecule has 0 aliphatic carbocycles. The highest BCUT2D eigenvalue weighted by atomic mass is 35.5. The average Bonchev–Trinajstić information content (AvgIpc) is 3.05. The molecule has 0 aromatic carbocycles. The van der Waals surface area contributed by atoms with E-state index in [0.29, 0.717) is 12.5 Å². The van der Waals surface area contributed by atoms with Crippen LogP contribution in [0.15, 0.2) is 5.38 Å². The van der Waals surface area contributed by atoms with Crippen molar-refractivity contribution in [3.63, 3.8) is 0 Å². The van der Waals surface area contributed by atoms with Crippen molar-refractivity contribution in [2.75, 3.05) is 19.6 Å². The molecule has 2 rings (SSSR count). The predicted octanol–water partition coefficient (Wildman–Crippen LogP) is 3.43.